The van der Waals surface area contributed by atoms with E-state index in [-0.39, 0.29) is 0 Å². The van der Waals surface area contributed by atoms with Gasteiger partial charge in [0.25, 0.3) is 0 Å². The van der Waals surface area contributed by atoms with Gasteiger partial charge in [-0.25, -0.2) is 8.78 Å². The van der Waals surface area contributed by atoms with E-state index in [2.05, 4.69) is 4.74 Å². The molecule has 0 aliphatic heterocycles. The number of benzene rings is 1. The third kappa shape index (κ3) is 1.52. The Hall–Kier alpha value is -1.19. The summed E-state index contributed by atoms with van der Waals surface area (Å²) < 4.78 is 42.2. The molecule has 0 amide bonds. The Kier molecular flexibility index (Phi) is 2.58. The van der Waals surface area contributed by atoms with Crippen LogP contribution in [-0.2, 0) is 0 Å². The Bertz CT molecular complexity index is 286. The first-order valence-electron chi connectivity index (χ1n) is 3.24. The molecule has 12 heavy (non-hydrogen) atoms. The summed E-state index contributed by atoms with van der Waals surface area (Å²) in [5, 5.41) is 0. The highest BCUT2D eigenvalue weighted by molar-refractivity contribution is 5.27. The van der Waals surface area contributed by atoms with Gasteiger partial charge in [-0.15, -0.1) is 0 Å². The van der Waals surface area contributed by atoms with Gasteiger partial charge in [0.1, 0.15) is 6.61 Å². The molecule has 65 valence electrons. The molecule has 0 unspecified atom stereocenters. The first-order chi connectivity index (χ1) is 5.66. The van der Waals surface area contributed by atoms with Crippen molar-refractivity contribution < 1.29 is 17.9 Å². The van der Waals surface area contributed by atoms with Crippen LogP contribution >= 0.6 is 0 Å². The standard InChI is InChI=1S/C8H6F3O/c1-2-12-8-6(10)4-3-5(9)7(8)11/h2-4H,1H3. The van der Waals surface area contributed by atoms with Crippen molar-refractivity contribution in [3.63, 3.8) is 0 Å². The second-order valence-corrected chi connectivity index (χ2v) is 2.03. The third-order valence-corrected chi connectivity index (χ3v) is 1.24. The SMILES string of the molecule is C[CH]Oc1c(F)ccc(F)c1F. The Morgan fingerprint density at radius 1 is 1.17 bits per heavy atom. The molecule has 0 saturated carbocycles. The van der Waals surface area contributed by atoms with E-state index in [1.165, 1.54) is 6.92 Å². The van der Waals surface area contributed by atoms with Crippen LogP contribution in [0.25, 0.3) is 0 Å². The molecule has 4 heteroatoms. The highest BCUT2D eigenvalue weighted by atomic mass is 19.2. The average molecular weight is 175 g/mol. The molecule has 0 atom stereocenters. The van der Waals surface area contributed by atoms with Gasteiger partial charge in [-0.05, 0) is 19.1 Å². The predicted molar refractivity (Wildman–Crippen MR) is 36.9 cm³/mol. The minimum Gasteiger partial charge on any atom is -0.481 e. The molecule has 0 spiro atoms. The van der Waals surface area contributed by atoms with Gasteiger partial charge in [0.2, 0.25) is 5.82 Å². The van der Waals surface area contributed by atoms with E-state index >= 15 is 0 Å². The second-order valence-electron chi connectivity index (χ2n) is 2.03. The summed E-state index contributed by atoms with van der Waals surface area (Å²) in [6.45, 7) is 2.50. The van der Waals surface area contributed by atoms with Crippen LogP contribution in [0.2, 0.25) is 0 Å². The molecule has 0 aliphatic carbocycles. The lowest BCUT2D eigenvalue weighted by molar-refractivity contribution is 0.349. The Balaban J connectivity index is 3.14. The van der Waals surface area contributed by atoms with Crippen molar-refractivity contribution in [1.82, 2.24) is 0 Å². The lowest BCUT2D eigenvalue weighted by atomic mass is 10.3. The first kappa shape index (κ1) is 8.90. The molecule has 1 nitrogen and oxygen atoms in total. The topological polar surface area (TPSA) is 9.23 Å². The number of rotatable bonds is 2. The first-order valence-corrected chi connectivity index (χ1v) is 3.24. The monoisotopic (exact) mass is 175 g/mol. The number of hydrogen-bond acceptors (Lipinski definition) is 1. The Labute approximate surface area is 67.8 Å². The summed E-state index contributed by atoms with van der Waals surface area (Å²) in [6, 6.07) is 1.50. The van der Waals surface area contributed by atoms with E-state index in [4.69, 9.17) is 0 Å². The molecular formula is C8H6F3O. The summed E-state index contributed by atoms with van der Waals surface area (Å²) in [5.74, 6) is -4.08. The van der Waals surface area contributed by atoms with E-state index in [9.17, 15) is 13.2 Å². The lowest BCUT2D eigenvalue weighted by Gasteiger charge is -2.04. The fourth-order valence-electron chi connectivity index (χ4n) is 0.734. The molecule has 0 fully saturated rings. The summed E-state index contributed by atoms with van der Waals surface area (Å²) in [7, 11) is 0. The molecular weight excluding hydrogens is 169 g/mol. The van der Waals surface area contributed by atoms with Gasteiger partial charge < -0.3 is 4.74 Å². The Morgan fingerprint density at radius 3 is 2.33 bits per heavy atom. The van der Waals surface area contributed by atoms with Gasteiger partial charge >= 0.3 is 0 Å². The van der Waals surface area contributed by atoms with Crippen LogP contribution in [0.3, 0.4) is 0 Å². The van der Waals surface area contributed by atoms with Gasteiger partial charge in [-0.2, -0.15) is 4.39 Å². The highest BCUT2D eigenvalue weighted by Gasteiger charge is 2.14. The smallest absolute Gasteiger partial charge is 0.203 e. The zero-order chi connectivity index (χ0) is 9.14. The molecule has 1 aromatic rings. The van der Waals surface area contributed by atoms with Crippen LogP contribution < -0.4 is 4.74 Å². The van der Waals surface area contributed by atoms with Crippen LogP contribution in [0.4, 0.5) is 13.2 Å². The molecule has 0 aromatic heterocycles. The predicted octanol–water partition coefficient (Wildman–Crippen LogP) is 2.66. The highest BCUT2D eigenvalue weighted by Crippen LogP contribution is 2.23. The maximum absolute atomic E-state index is 12.7. The number of ether oxygens (including phenoxy) is 1. The van der Waals surface area contributed by atoms with Crippen LogP contribution in [0.5, 0.6) is 5.75 Å². The van der Waals surface area contributed by atoms with Crippen molar-refractivity contribution >= 4 is 0 Å². The van der Waals surface area contributed by atoms with Gasteiger partial charge in [0, 0.05) is 0 Å². The fraction of sp³-hybridized carbons (Fsp3) is 0.125. The van der Waals surface area contributed by atoms with Crippen LogP contribution in [0, 0.1) is 24.1 Å². The summed E-state index contributed by atoms with van der Waals surface area (Å²) >= 11 is 0. The molecule has 1 radical (unpaired) electrons. The maximum atomic E-state index is 12.7. The van der Waals surface area contributed by atoms with Crippen molar-refractivity contribution in [2.24, 2.45) is 0 Å². The maximum Gasteiger partial charge on any atom is 0.203 e. The van der Waals surface area contributed by atoms with Crippen molar-refractivity contribution in [2.45, 2.75) is 6.92 Å². The van der Waals surface area contributed by atoms with Gasteiger partial charge in [-0.3, -0.25) is 0 Å². The zero-order valence-electron chi connectivity index (χ0n) is 6.27. The van der Waals surface area contributed by atoms with Crippen molar-refractivity contribution in [3.8, 4) is 5.75 Å². The van der Waals surface area contributed by atoms with E-state index < -0.39 is 23.2 Å². The second kappa shape index (κ2) is 3.47. The summed E-state index contributed by atoms with van der Waals surface area (Å²) in [6.07, 6.45) is 0. The molecule has 0 bridgehead atoms. The largest absolute Gasteiger partial charge is 0.481 e. The molecule has 0 N–H and O–H groups in total. The van der Waals surface area contributed by atoms with E-state index in [0.717, 1.165) is 12.7 Å². The Morgan fingerprint density at radius 2 is 1.75 bits per heavy atom. The van der Waals surface area contributed by atoms with E-state index in [1.54, 1.807) is 0 Å². The average Bonchev–Trinajstić information content (AvgIpc) is 2.06. The van der Waals surface area contributed by atoms with Crippen molar-refractivity contribution in [1.29, 1.82) is 0 Å². The van der Waals surface area contributed by atoms with Gasteiger partial charge in [-0.1, -0.05) is 0 Å². The van der Waals surface area contributed by atoms with E-state index in [1.807, 2.05) is 0 Å². The minimum atomic E-state index is -1.31. The minimum absolute atomic E-state index is 0.702. The van der Waals surface area contributed by atoms with Crippen molar-refractivity contribution in [2.75, 3.05) is 0 Å². The third-order valence-electron chi connectivity index (χ3n) is 1.24. The molecule has 0 saturated heterocycles. The summed E-state index contributed by atoms with van der Waals surface area (Å²) in [4.78, 5) is 0. The van der Waals surface area contributed by atoms with Crippen LogP contribution in [0.15, 0.2) is 12.1 Å². The van der Waals surface area contributed by atoms with Crippen molar-refractivity contribution in [3.05, 3.63) is 36.2 Å². The lowest BCUT2D eigenvalue weighted by Crippen LogP contribution is -1.96. The van der Waals surface area contributed by atoms with Crippen LogP contribution in [0.1, 0.15) is 6.92 Å². The number of halogens is 3. The summed E-state index contributed by atoms with van der Waals surface area (Å²) in [5.41, 5.74) is 0. The van der Waals surface area contributed by atoms with Gasteiger partial charge in [0.15, 0.2) is 17.4 Å². The molecule has 0 heterocycles. The normalized spacial score (nSPS) is 10.0. The van der Waals surface area contributed by atoms with Crippen LogP contribution in [-0.4, -0.2) is 0 Å². The van der Waals surface area contributed by atoms with Gasteiger partial charge in [0.05, 0.1) is 0 Å². The molecule has 1 rings (SSSR count). The zero-order valence-corrected chi connectivity index (χ0v) is 6.27. The fourth-order valence-corrected chi connectivity index (χ4v) is 0.734. The molecule has 1 aromatic carbocycles. The quantitative estimate of drug-likeness (QED) is 0.628. The number of hydrogen-bond donors (Lipinski definition) is 0. The van der Waals surface area contributed by atoms with E-state index in [0.29, 0.717) is 6.07 Å². The molecule has 0 aliphatic rings.